The molecule has 8 heteroatoms. The molecule has 0 aromatic heterocycles. The number of hydrogen-bond donors (Lipinski definition) is 1. The van der Waals surface area contributed by atoms with Crippen molar-refractivity contribution in [2.45, 2.75) is 18.5 Å². The zero-order valence-electron chi connectivity index (χ0n) is 8.61. The number of halogens is 7. The Morgan fingerprint density at radius 2 is 1.33 bits per heavy atom. The molecule has 0 saturated heterocycles. The Bertz CT molecular complexity index is 393. The van der Waals surface area contributed by atoms with Crippen LogP contribution in [0.4, 0.5) is 26.3 Å². The summed E-state index contributed by atoms with van der Waals surface area (Å²) in [6.45, 7) is 0. The molecule has 1 nitrogen and oxygen atoms in total. The van der Waals surface area contributed by atoms with Crippen LogP contribution in [0.25, 0.3) is 0 Å². The van der Waals surface area contributed by atoms with E-state index >= 15 is 0 Å². The Morgan fingerprint density at radius 3 is 1.61 bits per heavy atom. The van der Waals surface area contributed by atoms with Crippen molar-refractivity contribution < 1.29 is 31.4 Å². The van der Waals surface area contributed by atoms with E-state index in [9.17, 15) is 31.4 Å². The first-order valence-corrected chi connectivity index (χ1v) is 5.12. The van der Waals surface area contributed by atoms with Crippen LogP contribution in [0.15, 0.2) is 18.2 Å². The molecule has 18 heavy (non-hydrogen) atoms. The molecule has 0 aliphatic heterocycles. The lowest BCUT2D eigenvalue weighted by molar-refractivity contribution is -0.143. The topological polar surface area (TPSA) is 20.2 Å². The van der Waals surface area contributed by atoms with Gasteiger partial charge in [0.05, 0.1) is 23.1 Å². The van der Waals surface area contributed by atoms with E-state index in [1.54, 1.807) is 0 Å². The first kappa shape index (κ1) is 15.1. The molecule has 102 valence electrons. The van der Waals surface area contributed by atoms with E-state index in [4.69, 9.17) is 11.6 Å². The molecule has 0 radical (unpaired) electrons. The normalized spacial score (nSPS) is 14.7. The lowest BCUT2D eigenvalue weighted by Gasteiger charge is -2.16. The molecule has 1 aromatic carbocycles. The van der Waals surface area contributed by atoms with E-state index in [0.717, 1.165) is 0 Å². The minimum Gasteiger partial charge on any atom is -0.387 e. The van der Waals surface area contributed by atoms with Crippen molar-refractivity contribution in [3.05, 3.63) is 34.9 Å². The molecule has 0 heterocycles. The molecule has 1 rings (SSSR count). The van der Waals surface area contributed by atoms with E-state index < -0.39 is 41.0 Å². The first-order chi connectivity index (χ1) is 8.05. The second kappa shape index (κ2) is 4.97. The Balaban J connectivity index is 3.39. The monoisotopic (exact) mass is 292 g/mol. The van der Waals surface area contributed by atoms with Crippen molar-refractivity contribution in [2.24, 2.45) is 0 Å². The Labute approximate surface area is 103 Å². The van der Waals surface area contributed by atoms with Crippen molar-refractivity contribution in [3.63, 3.8) is 0 Å². The van der Waals surface area contributed by atoms with Gasteiger partial charge in [0.1, 0.15) is 0 Å². The van der Waals surface area contributed by atoms with Crippen molar-refractivity contribution in [1.29, 1.82) is 0 Å². The van der Waals surface area contributed by atoms with Crippen molar-refractivity contribution >= 4 is 11.6 Å². The predicted octanol–water partition coefficient (Wildman–Crippen LogP) is 4.00. The summed E-state index contributed by atoms with van der Waals surface area (Å²) in [6, 6.07) is 0.884. The van der Waals surface area contributed by atoms with Crippen LogP contribution in [0.1, 0.15) is 22.8 Å². The molecule has 0 amide bonds. The van der Waals surface area contributed by atoms with Gasteiger partial charge in [-0.15, -0.1) is 11.6 Å². The summed E-state index contributed by atoms with van der Waals surface area (Å²) in [5, 5.41) is 9.24. The van der Waals surface area contributed by atoms with Gasteiger partial charge >= 0.3 is 12.4 Å². The highest BCUT2D eigenvalue weighted by Gasteiger charge is 2.37. The SMILES string of the molecule is O[C@H](CCl)c1cc(C(F)(F)F)cc(C(F)(F)F)c1. The van der Waals surface area contributed by atoms with Crippen LogP contribution in [0, 0.1) is 0 Å². The quantitative estimate of drug-likeness (QED) is 0.645. The summed E-state index contributed by atoms with van der Waals surface area (Å²) in [7, 11) is 0. The first-order valence-electron chi connectivity index (χ1n) is 4.59. The van der Waals surface area contributed by atoms with Crippen molar-refractivity contribution in [3.8, 4) is 0 Å². The van der Waals surface area contributed by atoms with E-state index in [1.165, 1.54) is 0 Å². The van der Waals surface area contributed by atoms with Gasteiger partial charge in [-0.25, -0.2) is 0 Å². The van der Waals surface area contributed by atoms with Crippen LogP contribution >= 0.6 is 11.6 Å². The van der Waals surface area contributed by atoms with Gasteiger partial charge in [-0.3, -0.25) is 0 Å². The molecule has 1 atom stereocenters. The molecule has 1 N–H and O–H groups in total. The summed E-state index contributed by atoms with van der Waals surface area (Å²) < 4.78 is 74.5. The average Bonchev–Trinajstić information content (AvgIpc) is 2.25. The second-order valence-electron chi connectivity index (χ2n) is 3.51. The van der Waals surface area contributed by atoms with E-state index in [2.05, 4.69) is 0 Å². The Morgan fingerprint density at radius 1 is 0.944 bits per heavy atom. The van der Waals surface area contributed by atoms with Gasteiger partial charge in [0.25, 0.3) is 0 Å². The average molecular weight is 293 g/mol. The van der Waals surface area contributed by atoms with Gasteiger partial charge in [0, 0.05) is 0 Å². The zero-order chi connectivity index (χ0) is 14.1. The van der Waals surface area contributed by atoms with Gasteiger partial charge in [-0.1, -0.05) is 0 Å². The van der Waals surface area contributed by atoms with Gasteiger partial charge in [-0.05, 0) is 23.8 Å². The molecule has 0 aliphatic carbocycles. The molecule has 0 fully saturated rings. The van der Waals surface area contributed by atoms with Gasteiger partial charge in [0.2, 0.25) is 0 Å². The molecular formula is C10H7ClF6O. The van der Waals surface area contributed by atoms with Crippen LogP contribution in [-0.4, -0.2) is 11.0 Å². The molecule has 0 bridgehead atoms. The van der Waals surface area contributed by atoms with Crippen LogP contribution in [0.3, 0.4) is 0 Å². The fourth-order valence-electron chi connectivity index (χ4n) is 1.26. The number of hydrogen-bond acceptors (Lipinski definition) is 1. The fraction of sp³-hybridized carbons (Fsp3) is 0.400. The summed E-state index contributed by atoms with van der Waals surface area (Å²) in [4.78, 5) is 0. The lowest BCUT2D eigenvalue weighted by Crippen LogP contribution is -2.13. The molecule has 0 saturated carbocycles. The summed E-state index contributed by atoms with van der Waals surface area (Å²) >= 11 is 5.21. The number of aliphatic hydroxyl groups is 1. The highest BCUT2D eigenvalue weighted by Crippen LogP contribution is 2.37. The standard InChI is InChI=1S/C10H7ClF6O/c11-4-8(18)5-1-6(9(12,13)14)3-7(2-5)10(15,16)17/h1-3,8,18H,4H2/t8-/m1/s1. The summed E-state index contributed by atoms with van der Waals surface area (Å²) in [5.41, 5.74) is -3.47. The summed E-state index contributed by atoms with van der Waals surface area (Å²) in [5.74, 6) is -0.501. The third-order valence-corrected chi connectivity index (χ3v) is 2.43. The summed E-state index contributed by atoms with van der Waals surface area (Å²) in [6.07, 6.45) is -11.4. The second-order valence-corrected chi connectivity index (χ2v) is 3.82. The number of aliphatic hydroxyl groups excluding tert-OH is 1. The largest absolute Gasteiger partial charge is 0.416 e. The van der Waals surface area contributed by atoms with Crippen LogP contribution in [-0.2, 0) is 12.4 Å². The minimum absolute atomic E-state index is 0.00947. The van der Waals surface area contributed by atoms with Crippen molar-refractivity contribution in [2.75, 3.05) is 5.88 Å². The highest BCUT2D eigenvalue weighted by atomic mass is 35.5. The third-order valence-electron chi connectivity index (χ3n) is 2.14. The van der Waals surface area contributed by atoms with E-state index in [1.807, 2.05) is 0 Å². The molecule has 0 aliphatic rings. The number of rotatable bonds is 2. The van der Waals surface area contributed by atoms with Gasteiger partial charge < -0.3 is 5.11 Å². The van der Waals surface area contributed by atoms with E-state index in [-0.39, 0.29) is 6.07 Å². The third kappa shape index (κ3) is 3.52. The van der Waals surface area contributed by atoms with Crippen molar-refractivity contribution in [1.82, 2.24) is 0 Å². The Kier molecular flexibility index (Phi) is 4.17. The maximum Gasteiger partial charge on any atom is 0.416 e. The van der Waals surface area contributed by atoms with Crippen LogP contribution in [0.5, 0.6) is 0 Å². The molecule has 0 spiro atoms. The Hall–Kier alpha value is -0.950. The molecule has 1 aromatic rings. The van der Waals surface area contributed by atoms with Crippen LogP contribution in [0.2, 0.25) is 0 Å². The fourth-order valence-corrected chi connectivity index (χ4v) is 1.44. The lowest BCUT2D eigenvalue weighted by atomic mass is 10.0. The smallest absolute Gasteiger partial charge is 0.387 e. The molecular weight excluding hydrogens is 286 g/mol. The minimum atomic E-state index is -4.93. The maximum atomic E-state index is 12.4. The molecule has 0 unspecified atom stereocenters. The van der Waals surface area contributed by atoms with Gasteiger partial charge in [-0.2, -0.15) is 26.3 Å². The van der Waals surface area contributed by atoms with Gasteiger partial charge in [0.15, 0.2) is 0 Å². The zero-order valence-corrected chi connectivity index (χ0v) is 9.37. The predicted molar refractivity (Wildman–Crippen MR) is 52.1 cm³/mol. The highest BCUT2D eigenvalue weighted by molar-refractivity contribution is 6.18. The van der Waals surface area contributed by atoms with Crippen LogP contribution < -0.4 is 0 Å². The number of benzene rings is 1. The number of alkyl halides is 7. The van der Waals surface area contributed by atoms with E-state index in [0.29, 0.717) is 12.1 Å². The maximum absolute atomic E-state index is 12.4.